The number of hydrogen-bond acceptors (Lipinski definition) is 4. The lowest BCUT2D eigenvalue weighted by atomic mass is 9.97. The molecule has 0 aliphatic heterocycles. The van der Waals surface area contributed by atoms with Gasteiger partial charge in [0, 0.05) is 36.3 Å². The quantitative estimate of drug-likeness (QED) is 0.330. The first-order valence-electron chi connectivity index (χ1n) is 10.1. The first-order valence-corrected chi connectivity index (χ1v) is 10.5. The molecule has 164 valence electrons. The fourth-order valence-corrected chi connectivity index (χ4v) is 3.25. The van der Waals surface area contributed by atoms with Crippen molar-refractivity contribution in [3.63, 3.8) is 0 Å². The number of allylic oxidation sites excluding steroid dienone is 1. The van der Waals surface area contributed by atoms with E-state index in [9.17, 15) is 9.59 Å². The highest BCUT2D eigenvalue weighted by Crippen LogP contribution is 2.28. The fraction of sp³-hybridized carbons (Fsp3) is 0.160. The van der Waals surface area contributed by atoms with Gasteiger partial charge in [0.15, 0.2) is 5.75 Å². The van der Waals surface area contributed by atoms with E-state index in [4.69, 9.17) is 21.5 Å². The summed E-state index contributed by atoms with van der Waals surface area (Å²) in [5, 5.41) is 10.7. The third-order valence-electron chi connectivity index (χ3n) is 4.60. The number of carboxylic acids is 1. The van der Waals surface area contributed by atoms with Crippen LogP contribution in [0.2, 0.25) is 5.02 Å². The van der Waals surface area contributed by atoms with Crippen LogP contribution in [-0.4, -0.2) is 22.0 Å². The molecule has 3 rings (SSSR count). The largest absolute Gasteiger partial charge is 0.481 e. The Hall–Kier alpha value is -3.64. The van der Waals surface area contributed by atoms with Crippen molar-refractivity contribution in [2.45, 2.75) is 26.2 Å². The molecule has 2 aromatic carbocycles. The molecule has 0 fully saturated rings. The van der Waals surface area contributed by atoms with Gasteiger partial charge in [-0.15, -0.1) is 5.06 Å². The number of benzene rings is 2. The number of rotatable bonds is 9. The van der Waals surface area contributed by atoms with Gasteiger partial charge in [0.2, 0.25) is 0 Å². The molecule has 3 aromatic rings. The predicted octanol–water partition coefficient (Wildman–Crippen LogP) is 5.77. The minimum Gasteiger partial charge on any atom is -0.481 e. The molecule has 0 aliphatic carbocycles. The summed E-state index contributed by atoms with van der Waals surface area (Å²) in [4.78, 5) is 33.2. The van der Waals surface area contributed by atoms with Crippen molar-refractivity contribution in [2.75, 3.05) is 5.06 Å². The van der Waals surface area contributed by atoms with Gasteiger partial charge in [-0.25, -0.2) is 0 Å². The van der Waals surface area contributed by atoms with Gasteiger partial charge in [-0.05, 0) is 66.4 Å². The maximum absolute atomic E-state index is 12.3. The van der Waals surface area contributed by atoms with E-state index in [-0.39, 0.29) is 12.3 Å². The van der Waals surface area contributed by atoms with Gasteiger partial charge in [-0.2, -0.15) is 0 Å². The molecule has 0 spiro atoms. The normalized spacial score (nSPS) is 11.1. The summed E-state index contributed by atoms with van der Waals surface area (Å²) in [7, 11) is 0. The van der Waals surface area contributed by atoms with Crippen LogP contribution in [0.25, 0.3) is 5.57 Å². The number of nitrogens with zero attached hydrogens (tertiary/aromatic N) is 2. The number of hydroxylamine groups is 1. The van der Waals surface area contributed by atoms with Crippen molar-refractivity contribution in [3.8, 4) is 5.75 Å². The van der Waals surface area contributed by atoms with E-state index in [1.807, 2.05) is 36.4 Å². The van der Waals surface area contributed by atoms with Crippen LogP contribution >= 0.6 is 11.6 Å². The number of carbonyl (C=O) groups excluding carboxylic acids is 1. The number of pyridine rings is 1. The Bertz CT molecular complexity index is 1100. The lowest BCUT2D eigenvalue weighted by Gasteiger charge is -2.22. The standard InChI is InChI=1S/C25H23ClN2O4/c1-18(29)28(32-23-13-11-21(26)12-14-23)22-8-4-6-19(16-22)24(9-2-3-10-25(30)31)20-7-5-15-27-17-20/h4-9,11-17H,2-3,10H2,1H3,(H,30,31)/b24-9-. The van der Waals surface area contributed by atoms with Crippen molar-refractivity contribution in [3.05, 3.63) is 95.3 Å². The summed E-state index contributed by atoms with van der Waals surface area (Å²) in [5.41, 5.74) is 3.22. The molecule has 0 saturated heterocycles. The third-order valence-corrected chi connectivity index (χ3v) is 4.86. The third kappa shape index (κ3) is 6.43. The van der Waals surface area contributed by atoms with E-state index in [0.717, 1.165) is 16.7 Å². The Morgan fingerprint density at radius 2 is 1.84 bits per heavy atom. The van der Waals surface area contributed by atoms with Crippen LogP contribution in [0.1, 0.15) is 37.3 Å². The number of aliphatic carboxylic acids is 1. The van der Waals surface area contributed by atoms with Crippen LogP contribution in [0.5, 0.6) is 5.75 Å². The highest BCUT2D eigenvalue weighted by Gasteiger charge is 2.16. The number of carboxylic acid groups (broad SMARTS) is 1. The first kappa shape index (κ1) is 23.0. The zero-order valence-electron chi connectivity index (χ0n) is 17.6. The number of hydrogen-bond donors (Lipinski definition) is 1. The number of carbonyl (C=O) groups is 2. The van der Waals surface area contributed by atoms with Crippen molar-refractivity contribution in [2.24, 2.45) is 0 Å². The van der Waals surface area contributed by atoms with Crippen LogP contribution in [0.15, 0.2) is 79.1 Å². The number of halogens is 1. The van der Waals surface area contributed by atoms with Gasteiger partial charge in [0.05, 0.1) is 5.69 Å². The van der Waals surface area contributed by atoms with Gasteiger partial charge in [0.25, 0.3) is 5.91 Å². The van der Waals surface area contributed by atoms with Crippen molar-refractivity contribution >= 4 is 34.7 Å². The summed E-state index contributed by atoms with van der Waals surface area (Å²) in [6.45, 7) is 1.42. The summed E-state index contributed by atoms with van der Waals surface area (Å²) < 4.78 is 0. The van der Waals surface area contributed by atoms with E-state index in [1.54, 1.807) is 42.7 Å². The van der Waals surface area contributed by atoms with Crippen molar-refractivity contribution in [1.29, 1.82) is 0 Å². The molecular formula is C25H23ClN2O4. The predicted molar refractivity (Wildman–Crippen MR) is 124 cm³/mol. The molecule has 1 aromatic heterocycles. The molecular weight excluding hydrogens is 428 g/mol. The van der Waals surface area contributed by atoms with Crippen LogP contribution in [0.4, 0.5) is 5.69 Å². The number of amides is 1. The summed E-state index contributed by atoms with van der Waals surface area (Å²) in [6, 6.07) is 17.9. The SMILES string of the molecule is CC(=O)N(Oc1ccc(Cl)cc1)c1cccc(/C(=C/CCCC(=O)O)c2cccnc2)c1. The minimum atomic E-state index is -0.820. The van der Waals surface area contributed by atoms with Gasteiger partial charge < -0.3 is 9.94 Å². The Kier molecular flexibility index (Phi) is 8.00. The number of aromatic nitrogens is 1. The second-order valence-electron chi connectivity index (χ2n) is 7.05. The molecule has 0 unspecified atom stereocenters. The summed E-state index contributed by atoms with van der Waals surface area (Å²) in [6.07, 6.45) is 6.67. The molecule has 0 radical (unpaired) electrons. The second-order valence-corrected chi connectivity index (χ2v) is 7.49. The lowest BCUT2D eigenvalue weighted by Crippen LogP contribution is -2.32. The smallest absolute Gasteiger partial charge is 0.303 e. The Balaban J connectivity index is 1.93. The molecule has 0 bridgehead atoms. The Morgan fingerprint density at radius 1 is 1.09 bits per heavy atom. The van der Waals surface area contributed by atoms with Gasteiger partial charge >= 0.3 is 5.97 Å². The maximum atomic E-state index is 12.3. The van der Waals surface area contributed by atoms with E-state index < -0.39 is 5.97 Å². The zero-order chi connectivity index (χ0) is 22.9. The molecule has 0 atom stereocenters. The van der Waals surface area contributed by atoms with Crippen LogP contribution < -0.4 is 9.90 Å². The average molecular weight is 451 g/mol. The molecule has 1 heterocycles. The summed E-state index contributed by atoms with van der Waals surface area (Å²) in [5.74, 6) is -0.628. The van der Waals surface area contributed by atoms with Crippen LogP contribution in [-0.2, 0) is 9.59 Å². The second kappa shape index (κ2) is 11.1. The minimum absolute atomic E-state index is 0.101. The van der Waals surface area contributed by atoms with E-state index in [2.05, 4.69) is 4.98 Å². The van der Waals surface area contributed by atoms with E-state index in [0.29, 0.717) is 29.3 Å². The molecule has 7 heteroatoms. The molecule has 6 nitrogen and oxygen atoms in total. The van der Waals surface area contributed by atoms with E-state index >= 15 is 0 Å². The molecule has 32 heavy (non-hydrogen) atoms. The molecule has 1 N–H and O–H groups in total. The van der Waals surface area contributed by atoms with Gasteiger partial charge in [-0.1, -0.05) is 35.9 Å². The zero-order valence-corrected chi connectivity index (χ0v) is 18.3. The highest BCUT2D eigenvalue weighted by molar-refractivity contribution is 6.30. The fourth-order valence-electron chi connectivity index (χ4n) is 3.12. The first-order chi connectivity index (χ1) is 15.4. The number of unbranched alkanes of at least 4 members (excludes halogenated alkanes) is 1. The summed E-state index contributed by atoms with van der Waals surface area (Å²) >= 11 is 5.93. The monoisotopic (exact) mass is 450 g/mol. The Morgan fingerprint density at radius 3 is 2.50 bits per heavy atom. The highest BCUT2D eigenvalue weighted by atomic mass is 35.5. The van der Waals surface area contributed by atoms with Crippen molar-refractivity contribution < 1.29 is 19.5 Å². The van der Waals surface area contributed by atoms with Crippen LogP contribution in [0.3, 0.4) is 0 Å². The van der Waals surface area contributed by atoms with Gasteiger partial charge in [-0.3, -0.25) is 14.6 Å². The van der Waals surface area contributed by atoms with Crippen molar-refractivity contribution in [1.82, 2.24) is 4.98 Å². The topological polar surface area (TPSA) is 79.7 Å². The average Bonchev–Trinajstić information content (AvgIpc) is 2.79. The van der Waals surface area contributed by atoms with E-state index in [1.165, 1.54) is 12.0 Å². The molecule has 0 aliphatic rings. The molecule has 0 saturated carbocycles. The Labute approximate surface area is 191 Å². The molecule has 1 amide bonds. The lowest BCUT2D eigenvalue weighted by molar-refractivity contribution is -0.137. The van der Waals surface area contributed by atoms with Crippen LogP contribution in [0, 0.1) is 0 Å². The number of anilines is 1. The van der Waals surface area contributed by atoms with Gasteiger partial charge in [0.1, 0.15) is 0 Å². The maximum Gasteiger partial charge on any atom is 0.303 e.